The van der Waals surface area contributed by atoms with Crippen molar-refractivity contribution in [1.82, 2.24) is 5.32 Å². The number of aliphatic hydroxyl groups is 2. The number of ether oxygens (including phenoxy) is 2. The summed E-state index contributed by atoms with van der Waals surface area (Å²) >= 11 is 0. The molecule has 16 heavy (non-hydrogen) atoms. The van der Waals surface area contributed by atoms with Gasteiger partial charge in [-0.2, -0.15) is 0 Å². The predicted octanol–water partition coefficient (Wildman–Crippen LogP) is -0.894. The summed E-state index contributed by atoms with van der Waals surface area (Å²) in [4.78, 5) is 10.8. The fourth-order valence-electron chi connectivity index (χ4n) is 0.795. The van der Waals surface area contributed by atoms with Gasteiger partial charge in [0.05, 0.1) is 13.2 Å². The first kappa shape index (κ1) is 14.7. The van der Waals surface area contributed by atoms with Crippen LogP contribution in [-0.2, 0) is 9.47 Å². The molecular formula is C10H17NO5. The van der Waals surface area contributed by atoms with Gasteiger partial charge in [-0.3, -0.25) is 0 Å². The van der Waals surface area contributed by atoms with Crippen LogP contribution in [-0.4, -0.2) is 55.4 Å². The number of carbonyl (C=O) groups excluding carboxylic acids is 1. The Morgan fingerprint density at radius 2 is 2.31 bits per heavy atom. The third kappa shape index (κ3) is 9.27. The summed E-state index contributed by atoms with van der Waals surface area (Å²) in [5.41, 5.74) is 0. The van der Waals surface area contributed by atoms with Crippen molar-refractivity contribution in [2.45, 2.75) is 12.5 Å². The van der Waals surface area contributed by atoms with Crippen LogP contribution in [0.15, 0.2) is 0 Å². The van der Waals surface area contributed by atoms with Crippen LogP contribution in [0.2, 0.25) is 0 Å². The highest BCUT2D eigenvalue weighted by Gasteiger charge is 2.02. The van der Waals surface area contributed by atoms with Crippen molar-refractivity contribution < 1.29 is 24.5 Å². The molecule has 0 aromatic carbocycles. The Hall–Kier alpha value is -1.29. The van der Waals surface area contributed by atoms with E-state index in [4.69, 9.17) is 21.4 Å². The fourth-order valence-corrected chi connectivity index (χ4v) is 0.795. The van der Waals surface area contributed by atoms with Crippen molar-refractivity contribution in [2.75, 3.05) is 33.0 Å². The highest BCUT2D eigenvalue weighted by atomic mass is 16.5. The first-order valence-corrected chi connectivity index (χ1v) is 4.91. The van der Waals surface area contributed by atoms with Crippen molar-refractivity contribution in [2.24, 2.45) is 0 Å². The molecule has 0 rings (SSSR count). The van der Waals surface area contributed by atoms with Crippen LogP contribution in [0.25, 0.3) is 0 Å². The summed E-state index contributed by atoms with van der Waals surface area (Å²) in [6.07, 6.45) is 4.07. The molecule has 0 fully saturated rings. The SMILES string of the molecule is C#CCOC(=O)NCCCOCC(O)CO. The fraction of sp³-hybridized carbons (Fsp3) is 0.700. The molecule has 6 nitrogen and oxygen atoms in total. The molecule has 0 bridgehead atoms. The third-order valence-corrected chi connectivity index (χ3v) is 1.54. The molecule has 0 spiro atoms. The molecule has 0 radical (unpaired) electrons. The van der Waals surface area contributed by atoms with Gasteiger partial charge in [-0.05, 0) is 6.42 Å². The van der Waals surface area contributed by atoms with Crippen LogP contribution in [0, 0.1) is 12.3 Å². The summed E-state index contributed by atoms with van der Waals surface area (Å²) in [6.45, 7) is 0.491. The summed E-state index contributed by atoms with van der Waals surface area (Å²) < 4.78 is 9.57. The molecule has 0 aliphatic rings. The number of terminal acetylenes is 1. The van der Waals surface area contributed by atoms with E-state index in [0.29, 0.717) is 19.6 Å². The van der Waals surface area contributed by atoms with Crippen molar-refractivity contribution in [3.8, 4) is 12.3 Å². The number of aliphatic hydroxyl groups excluding tert-OH is 2. The van der Waals surface area contributed by atoms with Crippen LogP contribution >= 0.6 is 0 Å². The van der Waals surface area contributed by atoms with Gasteiger partial charge in [-0.25, -0.2) is 4.79 Å². The summed E-state index contributed by atoms with van der Waals surface area (Å²) in [7, 11) is 0. The van der Waals surface area contributed by atoms with E-state index >= 15 is 0 Å². The molecule has 0 aliphatic carbocycles. The smallest absolute Gasteiger partial charge is 0.408 e. The first-order chi connectivity index (χ1) is 7.70. The van der Waals surface area contributed by atoms with Crippen LogP contribution in [0.5, 0.6) is 0 Å². The van der Waals surface area contributed by atoms with Gasteiger partial charge < -0.3 is 25.0 Å². The van der Waals surface area contributed by atoms with Crippen LogP contribution in [0.3, 0.4) is 0 Å². The molecule has 6 heteroatoms. The number of rotatable bonds is 8. The Morgan fingerprint density at radius 3 is 2.94 bits per heavy atom. The van der Waals surface area contributed by atoms with Gasteiger partial charge in [-0.1, -0.05) is 5.92 Å². The second-order valence-electron chi connectivity index (χ2n) is 2.97. The van der Waals surface area contributed by atoms with Gasteiger partial charge in [0.2, 0.25) is 0 Å². The zero-order valence-corrected chi connectivity index (χ0v) is 9.02. The molecule has 0 aromatic heterocycles. The molecule has 1 atom stereocenters. The van der Waals surface area contributed by atoms with E-state index < -0.39 is 12.2 Å². The lowest BCUT2D eigenvalue weighted by molar-refractivity contribution is 0.00577. The number of carbonyl (C=O) groups is 1. The van der Waals surface area contributed by atoms with Crippen LogP contribution in [0.1, 0.15) is 6.42 Å². The highest BCUT2D eigenvalue weighted by molar-refractivity contribution is 5.67. The number of amides is 1. The van der Waals surface area contributed by atoms with Gasteiger partial charge in [0.1, 0.15) is 6.10 Å². The molecule has 92 valence electrons. The molecule has 0 saturated carbocycles. The van der Waals surface area contributed by atoms with E-state index in [1.807, 2.05) is 0 Å². The monoisotopic (exact) mass is 231 g/mol. The van der Waals surface area contributed by atoms with Gasteiger partial charge in [-0.15, -0.1) is 6.42 Å². The average Bonchev–Trinajstić information content (AvgIpc) is 2.30. The van der Waals surface area contributed by atoms with Gasteiger partial charge in [0.15, 0.2) is 6.61 Å². The third-order valence-electron chi connectivity index (χ3n) is 1.54. The van der Waals surface area contributed by atoms with Crippen molar-refractivity contribution in [3.63, 3.8) is 0 Å². The summed E-state index contributed by atoms with van der Waals surface area (Å²) in [6, 6.07) is 0. The minimum atomic E-state index is -0.853. The predicted molar refractivity (Wildman–Crippen MR) is 56.7 cm³/mol. The van der Waals surface area contributed by atoms with E-state index in [9.17, 15) is 4.79 Å². The first-order valence-electron chi connectivity index (χ1n) is 4.91. The van der Waals surface area contributed by atoms with Crippen LogP contribution < -0.4 is 5.32 Å². The molecule has 0 aromatic rings. The molecule has 0 aliphatic heterocycles. The molecule has 3 N–H and O–H groups in total. The maximum atomic E-state index is 10.8. The van der Waals surface area contributed by atoms with E-state index in [2.05, 4.69) is 16.0 Å². The van der Waals surface area contributed by atoms with E-state index in [1.165, 1.54) is 0 Å². The summed E-state index contributed by atoms with van der Waals surface area (Å²) in [5.74, 6) is 2.17. The van der Waals surface area contributed by atoms with Gasteiger partial charge >= 0.3 is 6.09 Å². The van der Waals surface area contributed by atoms with Crippen molar-refractivity contribution in [3.05, 3.63) is 0 Å². The Kier molecular flexibility index (Phi) is 9.41. The highest BCUT2D eigenvalue weighted by Crippen LogP contribution is 1.86. The van der Waals surface area contributed by atoms with Gasteiger partial charge in [0, 0.05) is 13.2 Å². The quantitative estimate of drug-likeness (QED) is 0.372. The minimum Gasteiger partial charge on any atom is -0.436 e. The van der Waals surface area contributed by atoms with Crippen molar-refractivity contribution in [1.29, 1.82) is 0 Å². The minimum absolute atomic E-state index is 0.0506. The van der Waals surface area contributed by atoms with E-state index in [0.717, 1.165) is 0 Å². The second-order valence-corrected chi connectivity index (χ2v) is 2.97. The second kappa shape index (κ2) is 10.2. The molecule has 1 unspecified atom stereocenters. The number of alkyl carbamates (subject to hydrolysis) is 1. The van der Waals surface area contributed by atoms with E-state index in [-0.39, 0.29) is 19.8 Å². The van der Waals surface area contributed by atoms with E-state index in [1.54, 1.807) is 0 Å². The lowest BCUT2D eigenvalue weighted by Gasteiger charge is -2.08. The maximum Gasteiger partial charge on any atom is 0.408 e. The van der Waals surface area contributed by atoms with Crippen LogP contribution in [0.4, 0.5) is 4.79 Å². The molecular weight excluding hydrogens is 214 g/mol. The Labute approximate surface area is 94.5 Å². The number of hydrogen-bond acceptors (Lipinski definition) is 5. The Balaban J connectivity index is 3.21. The lowest BCUT2D eigenvalue weighted by atomic mass is 10.4. The Morgan fingerprint density at radius 1 is 1.56 bits per heavy atom. The Bertz CT molecular complexity index is 226. The standard InChI is InChI=1S/C10H17NO5/c1-2-5-16-10(14)11-4-3-6-15-8-9(13)7-12/h1,9,12-13H,3-8H2,(H,11,14). The largest absolute Gasteiger partial charge is 0.436 e. The lowest BCUT2D eigenvalue weighted by Crippen LogP contribution is -2.26. The maximum absolute atomic E-state index is 10.8. The zero-order chi connectivity index (χ0) is 12.2. The number of hydrogen-bond donors (Lipinski definition) is 3. The molecule has 0 heterocycles. The zero-order valence-electron chi connectivity index (χ0n) is 9.02. The topological polar surface area (TPSA) is 88.0 Å². The normalized spacial score (nSPS) is 11.6. The van der Waals surface area contributed by atoms with Crippen molar-refractivity contribution >= 4 is 6.09 Å². The summed E-state index contributed by atoms with van der Waals surface area (Å²) in [5, 5.41) is 19.9. The molecule has 1 amide bonds. The van der Waals surface area contributed by atoms with Gasteiger partial charge in [0.25, 0.3) is 0 Å². The molecule has 0 saturated heterocycles. The average molecular weight is 231 g/mol. The number of nitrogens with one attached hydrogen (secondary N) is 1.